The highest BCUT2D eigenvalue weighted by molar-refractivity contribution is 5.89. The number of hydrogen-bond acceptors (Lipinski definition) is 2. The van der Waals surface area contributed by atoms with Crippen molar-refractivity contribution >= 4 is 16.6 Å². The van der Waals surface area contributed by atoms with Gasteiger partial charge in [-0.05, 0) is 31.2 Å². The Balaban J connectivity index is 0.000000508. The topological polar surface area (TPSA) is 40.2 Å². The van der Waals surface area contributed by atoms with Crippen molar-refractivity contribution in [1.29, 1.82) is 0 Å². The van der Waals surface area contributed by atoms with Crippen LogP contribution in [0.1, 0.15) is 26.2 Å². The molecule has 2 aromatic carbocycles. The van der Waals surface area contributed by atoms with Crippen LogP contribution in [-0.2, 0) is 7.05 Å². The minimum absolute atomic E-state index is 0.222. The lowest BCUT2D eigenvalue weighted by Crippen LogP contribution is -1.94. The van der Waals surface area contributed by atoms with E-state index in [0.717, 1.165) is 16.8 Å². The Morgan fingerprint density at radius 2 is 1.75 bits per heavy atom. The Hall–Kier alpha value is -2.49. The third-order valence-corrected chi connectivity index (χ3v) is 3.96. The first-order chi connectivity index (χ1) is 11.6. The molecule has 1 saturated carbocycles. The lowest BCUT2D eigenvalue weighted by Gasteiger charge is -2.06. The molecule has 0 aliphatic heterocycles. The number of benzene rings is 2. The summed E-state index contributed by atoms with van der Waals surface area (Å²) in [7, 11) is 1.85. The van der Waals surface area contributed by atoms with E-state index in [1.54, 1.807) is 24.3 Å². The summed E-state index contributed by atoms with van der Waals surface area (Å²) in [4.78, 5) is 0. The van der Waals surface area contributed by atoms with E-state index in [-0.39, 0.29) is 5.82 Å². The molecular formula is C20H23FN2O. The Morgan fingerprint density at radius 1 is 1.08 bits per heavy atom. The Kier molecular flexibility index (Phi) is 4.74. The van der Waals surface area contributed by atoms with E-state index in [9.17, 15) is 4.39 Å². The van der Waals surface area contributed by atoms with E-state index in [4.69, 9.17) is 10.5 Å². The summed E-state index contributed by atoms with van der Waals surface area (Å²) >= 11 is 0. The average molecular weight is 326 g/mol. The highest BCUT2D eigenvalue weighted by Gasteiger charge is 2.17. The van der Waals surface area contributed by atoms with Crippen molar-refractivity contribution in [2.24, 2.45) is 7.05 Å². The molecule has 4 rings (SSSR count). The fourth-order valence-corrected chi connectivity index (χ4v) is 2.59. The maximum absolute atomic E-state index is 14.7. The molecule has 0 atom stereocenters. The zero-order valence-corrected chi connectivity index (χ0v) is 14.2. The zero-order valence-electron chi connectivity index (χ0n) is 14.2. The standard InChI is InChI=1S/C17H17FN2O.C3H6/c1-3-21-13-8-9-14-15(10-13)20(2)17(16(14)18)11-4-6-12(19)7-5-11;1-2-3-1/h4-10H,3,19H2,1-2H3;1-3H2. The van der Waals surface area contributed by atoms with Gasteiger partial charge in [0.2, 0.25) is 0 Å². The molecule has 0 spiro atoms. The molecule has 0 amide bonds. The molecule has 126 valence electrons. The van der Waals surface area contributed by atoms with Crippen LogP contribution in [0.15, 0.2) is 42.5 Å². The second kappa shape index (κ2) is 6.95. The summed E-state index contributed by atoms with van der Waals surface area (Å²) in [5.41, 5.74) is 8.52. The average Bonchev–Trinajstić information content (AvgIpc) is 3.43. The zero-order chi connectivity index (χ0) is 17.1. The van der Waals surface area contributed by atoms with Crippen LogP contribution in [0, 0.1) is 5.82 Å². The fraction of sp³-hybridized carbons (Fsp3) is 0.300. The van der Waals surface area contributed by atoms with Gasteiger partial charge in [-0.25, -0.2) is 4.39 Å². The molecule has 0 radical (unpaired) electrons. The van der Waals surface area contributed by atoms with Gasteiger partial charge in [-0.1, -0.05) is 31.4 Å². The molecular weight excluding hydrogens is 303 g/mol. The number of anilines is 1. The molecule has 2 N–H and O–H groups in total. The maximum Gasteiger partial charge on any atom is 0.156 e. The minimum atomic E-state index is -0.222. The predicted molar refractivity (Wildman–Crippen MR) is 97.7 cm³/mol. The van der Waals surface area contributed by atoms with Crippen molar-refractivity contribution in [3.63, 3.8) is 0 Å². The Labute approximate surface area is 141 Å². The molecule has 0 saturated heterocycles. The number of nitrogens with zero attached hydrogens (tertiary/aromatic N) is 1. The second-order valence-electron chi connectivity index (χ2n) is 6.02. The lowest BCUT2D eigenvalue weighted by molar-refractivity contribution is 0.340. The van der Waals surface area contributed by atoms with Gasteiger partial charge < -0.3 is 15.0 Å². The smallest absolute Gasteiger partial charge is 0.156 e. The summed E-state index contributed by atoms with van der Waals surface area (Å²) in [6.45, 7) is 2.51. The van der Waals surface area contributed by atoms with E-state index in [2.05, 4.69) is 0 Å². The number of halogens is 1. The normalized spacial score (nSPS) is 12.6. The van der Waals surface area contributed by atoms with Crippen molar-refractivity contribution in [1.82, 2.24) is 4.57 Å². The third-order valence-electron chi connectivity index (χ3n) is 3.96. The summed E-state index contributed by atoms with van der Waals surface area (Å²) in [5, 5.41) is 0.591. The van der Waals surface area contributed by atoms with Crippen LogP contribution in [0.3, 0.4) is 0 Å². The summed E-state index contributed by atoms with van der Waals surface area (Å²) in [5.74, 6) is 0.523. The quantitative estimate of drug-likeness (QED) is 0.677. The van der Waals surface area contributed by atoms with Crippen molar-refractivity contribution in [2.45, 2.75) is 26.2 Å². The largest absolute Gasteiger partial charge is 0.494 e. The van der Waals surface area contributed by atoms with Gasteiger partial charge in [-0.3, -0.25) is 0 Å². The first-order valence-electron chi connectivity index (χ1n) is 8.38. The molecule has 1 aliphatic carbocycles. The first-order valence-corrected chi connectivity index (χ1v) is 8.38. The molecule has 0 bridgehead atoms. The monoisotopic (exact) mass is 326 g/mol. The van der Waals surface area contributed by atoms with Crippen LogP contribution in [0.5, 0.6) is 5.75 Å². The number of ether oxygens (including phenoxy) is 1. The van der Waals surface area contributed by atoms with Crippen molar-refractivity contribution in [3.8, 4) is 17.0 Å². The van der Waals surface area contributed by atoms with Gasteiger partial charge in [-0.15, -0.1) is 0 Å². The molecule has 1 aromatic heterocycles. The van der Waals surface area contributed by atoms with Crippen molar-refractivity contribution in [3.05, 3.63) is 48.3 Å². The van der Waals surface area contributed by atoms with Crippen LogP contribution in [0.25, 0.3) is 22.2 Å². The van der Waals surface area contributed by atoms with E-state index in [1.165, 1.54) is 19.3 Å². The fourth-order valence-electron chi connectivity index (χ4n) is 2.59. The summed E-state index contributed by atoms with van der Waals surface area (Å²) < 4.78 is 22.0. The highest BCUT2D eigenvalue weighted by atomic mass is 19.1. The number of hydrogen-bond donors (Lipinski definition) is 1. The van der Waals surface area contributed by atoms with Crippen LogP contribution < -0.4 is 10.5 Å². The van der Waals surface area contributed by atoms with Gasteiger partial charge in [0.15, 0.2) is 5.82 Å². The number of fused-ring (bicyclic) bond motifs is 1. The van der Waals surface area contributed by atoms with Gasteiger partial charge in [0.1, 0.15) is 5.75 Å². The number of nitrogens with two attached hydrogens (primary N) is 1. The molecule has 0 unspecified atom stereocenters. The molecule has 3 nitrogen and oxygen atoms in total. The highest BCUT2D eigenvalue weighted by Crippen LogP contribution is 2.33. The summed E-state index contributed by atoms with van der Waals surface area (Å²) in [6.07, 6.45) is 4.50. The molecule has 1 heterocycles. The molecule has 3 aromatic rings. The summed E-state index contributed by atoms with van der Waals surface area (Å²) in [6, 6.07) is 12.6. The van der Waals surface area contributed by atoms with E-state index in [0.29, 0.717) is 23.4 Å². The molecule has 4 heteroatoms. The number of nitrogen functional groups attached to an aromatic ring is 1. The number of rotatable bonds is 3. The van der Waals surface area contributed by atoms with Gasteiger partial charge in [0.05, 0.1) is 17.8 Å². The number of aryl methyl sites for hydroxylation is 1. The predicted octanol–water partition coefficient (Wildman–Crippen LogP) is 5.14. The molecule has 1 aliphatic rings. The molecule has 24 heavy (non-hydrogen) atoms. The van der Waals surface area contributed by atoms with E-state index in [1.807, 2.05) is 36.7 Å². The van der Waals surface area contributed by atoms with Gasteiger partial charge >= 0.3 is 0 Å². The molecule has 1 fully saturated rings. The number of aromatic nitrogens is 1. The Bertz CT molecular complexity index is 832. The van der Waals surface area contributed by atoms with Gasteiger partial charge in [0.25, 0.3) is 0 Å². The second-order valence-corrected chi connectivity index (χ2v) is 6.02. The first kappa shape index (κ1) is 16.4. The Morgan fingerprint density at radius 3 is 2.33 bits per heavy atom. The van der Waals surface area contributed by atoms with Gasteiger partial charge in [-0.2, -0.15) is 0 Å². The van der Waals surface area contributed by atoms with Crippen LogP contribution in [-0.4, -0.2) is 11.2 Å². The van der Waals surface area contributed by atoms with E-state index >= 15 is 0 Å². The maximum atomic E-state index is 14.7. The van der Waals surface area contributed by atoms with Crippen molar-refractivity contribution < 1.29 is 9.13 Å². The van der Waals surface area contributed by atoms with Crippen LogP contribution in [0.4, 0.5) is 10.1 Å². The third kappa shape index (κ3) is 3.37. The van der Waals surface area contributed by atoms with E-state index < -0.39 is 0 Å². The SMILES string of the molecule is C1CC1.CCOc1ccc2c(F)c(-c3ccc(N)cc3)n(C)c2c1. The van der Waals surface area contributed by atoms with Crippen LogP contribution in [0.2, 0.25) is 0 Å². The van der Waals surface area contributed by atoms with Gasteiger partial charge in [0, 0.05) is 29.8 Å². The van der Waals surface area contributed by atoms with Crippen molar-refractivity contribution in [2.75, 3.05) is 12.3 Å². The lowest BCUT2D eigenvalue weighted by atomic mass is 10.1. The van der Waals surface area contributed by atoms with Crippen LogP contribution >= 0.6 is 0 Å². The minimum Gasteiger partial charge on any atom is -0.494 e.